The summed E-state index contributed by atoms with van der Waals surface area (Å²) in [5, 5.41) is 19.6. The Morgan fingerprint density at radius 1 is 1.44 bits per heavy atom. The van der Waals surface area contributed by atoms with Gasteiger partial charge >= 0.3 is 0 Å². The van der Waals surface area contributed by atoms with Gasteiger partial charge in [0.15, 0.2) is 0 Å². The zero-order chi connectivity index (χ0) is 13.3. The lowest BCUT2D eigenvalue weighted by Crippen LogP contribution is -2.43. The van der Waals surface area contributed by atoms with E-state index in [2.05, 4.69) is 0 Å². The van der Waals surface area contributed by atoms with Crippen LogP contribution in [0.5, 0.6) is 0 Å². The first-order valence-electron chi connectivity index (χ1n) is 6.40. The molecule has 2 rings (SSSR count). The molecule has 0 radical (unpaired) electrons. The largest absolute Gasteiger partial charge is 0.391 e. The van der Waals surface area contributed by atoms with Gasteiger partial charge in [-0.15, -0.1) is 0 Å². The van der Waals surface area contributed by atoms with Gasteiger partial charge in [0.1, 0.15) is 5.82 Å². The van der Waals surface area contributed by atoms with Crippen LogP contribution < -0.4 is 4.90 Å². The lowest BCUT2D eigenvalue weighted by atomic mass is 9.94. The lowest BCUT2D eigenvalue weighted by Gasteiger charge is -2.37. The summed E-state index contributed by atoms with van der Waals surface area (Å²) in [5.74, 6) is -0.125. The SMILES string of the molecule is CC1CCN(c2cccc(F)c2[C@H](C)O)CC1O. The molecule has 2 N–H and O–H groups in total. The average molecular weight is 253 g/mol. The minimum absolute atomic E-state index is 0.268. The normalized spacial score (nSPS) is 26.2. The summed E-state index contributed by atoms with van der Waals surface area (Å²) in [6.07, 6.45) is -0.377. The Morgan fingerprint density at radius 3 is 2.78 bits per heavy atom. The summed E-state index contributed by atoms with van der Waals surface area (Å²) in [6.45, 7) is 4.85. The quantitative estimate of drug-likeness (QED) is 0.848. The van der Waals surface area contributed by atoms with E-state index < -0.39 is 18.0 Å². The summed E-state index contributed by atoms with van der Waals surface area (Å²) in [7, 11) is 0. The van der Waals surface area contributed by atoms with Gasteiger partial charge in [-0.2, -0.15) is 0 Å². The van der Waals surface area contributed by atoms with Crippen molar-refractivity contribution in [1.82, 2.24) is 0 Å². The van der Waals surface area contributed by atoms with E-state index in [-0.39, 0.29) is 5.92 Å². The van der Waals surface area contributed by atoms with Crippen molar-refractivity contribution in [2.24, 2.45) is 5.92 Å². The summed E-state index contributed by atoms with van der Waals surface area (Å²) in [5.41, 5.74) is 1.01. The molecule has 1 aliphatic rings. The maximum atomic E-state index is 13.8. The molecule has 0 saturated carbocycles. The van der Waals surface area contributed by atoms with Crippen LogP contribution in [0.25, 0.3) is 0 Å². The van der Waals surface area contributed by atoms with Crippen LogP contribution in [0.4, 0.5) is 10.1 Å². The molecule has 100 valence electrons. The third kappa shape index (κ3) is 2.49. The maximum absolute atomic E-state index is 13.8. The second kappa shape index (κ2) is 5.24. The molecule has 0 amide bonds. The van der Waals surface area contributed by atoms with Crippen molar-refractivity contribution in [2.45, 2.75) is 32.5 Å². The van der Waals surface area contributed by atoms with E-state index in [0.717, 1.165) is 13.0 Å². The van der Waals surface area contributed by atoms with E-state index >= 15 is 0 Å². The highest BCUT2D eigenvalue weighted by Gasteiger charge is 2.27. The Morgan fingerprint density at radius 2 is 2.17 bits per heavy atom. The van der Waals surface area contributed by atoms with Gasteiger partial charge in [0, 0.05) is 24.3 Å². The number of halogens is 1. The minimum Gasteiger partial charge on any atom is -0.391 e. The molecule has 18 heavy (non-hydrogen) atoms. The van der Waals surface area contributed by atoms with Crippen LogP contribution in [0.1, 0.15) is 31.9 Å². The van der Waals surface area contributed by atoms with E-state index in [4.69, 9.17) is 0 Å². The Balaban J connectivity index is 2.31. The van der Waals surface area contributed by atoms with Crippen LogP contribution in [0.15, 0.2) is 18.2 Å². The second-order valence-electron chi connectivity index (χ2n) is 5.13. The summed E-state index contributed by atoms with van der Waals surface area (Å²) in [4.78, 5) is 1.95. The second-order valence-corrected chi connectivity index (χ2v) is 5.13. The Bertz CT molecular complexity index is 422. The van der Waals surface area contributed by atoms with Crippen LogP contribution in [0.2, 0.25) is 0 Å². The van der Waals surface area contributed by atoms with Crippen molar-refractivity contribution in [1.29, 1.82) is 0 Å². The van der Waals surface area contributed by atoms with Crippen LogP contribution in [0.3, 0.4) is 0 Å². The molecule has 0 aromatic heterocycles. The van der Waals surface area contributed by atoms with Crippen molar-refractivity contribution in [3.8, 4) is 0 Å². The molecule has 3 atom stereocenters. The van der Waals surface area contributed by atoms with Gasteiger partial charge in [-0.05, 0) is 31.4 Å². The Hall–Kier alpha value is -1.13. The highest BCUT2D eigenvalue weighted by Crippen LogP contribution is 2.31. The standard InChI is InChI=1S/C14H20FNO2/c1-9-6-7-16(8-13(9)18)12-5-3-4-11(15)14(12)10(2)17/h3-5,9-10,13,17-18H,6-8H2,1-2H3/t9?,10-,13?/m0/s1. The number of hydrogen-bond acceptors (Lipinski definition) is 3. The molecule has 0 aliphatic carbocycles. The first-order chi connectivity index (χ1) is 8.50. The molecule has 3 nitrogen and oxygen atoms in total. The van der Waals surface area contributed by atoms with E-state index in [1.165, 1.54) is 6.07 Å². The predicted octanol–water partition coefficient (Wildman–Crippen LogP) is 2.09. The van der Waals surface area contributed by atoms with Crippen molar-refractivity contribution in [3.63, 3.8) is 0 Å². The van der Waals surface area contributed by atoms with Gasteiger partial charge in [-0.3, -0.25) is 0 Å². The van der Waals surface area contributed by atoms with Crippen LogP contribution in [-0.2, 0) is 0 Å². The highest BCUT2D eigenvalue weighted by molar-refractivity contribution is 5.55. The molecule has 4 heteroatoms. The Labute approximate surface area is 107 Å². The number of nitrogens with zero attached hydrogens (tertiary/aromatic N) is 1. The van der Waals surface area contributed by atoms with Crippen molar-refractivity contribution in [2.75, 3.05) is 18.0 Å². The van der Waals surface area contributed by atoms with Crippen molar-refractivity contribution >= 4 is 5.69 Å². The number of anilines is 1. The van der Waals surface area contributed by atoms with Gasteiger partial charge < -0.3 is 15.1 Å². The molecule has 1 aromatic carbocycles. The fourth-order valence-electron chi connectivity index (χ4n) is 2.48. The van der Waals surface area contributed by atoms with Crippen molar-refractivity contribution < 1.29 is 14.6 Å². The fraction of sp³-hybridized carbons (Fsp3) is 0.571. The van der Waals surface area contributed by atoms with Gasteiger partial charge in [0.2, 0.25) is 0 Å². The first-order valence-corrected chi connectivity index (χ1v) is 6.40. The molecule has 1 fully saturated rings. The molecule has 1 aromatic rings. The number of aliphatic hydroxyl groups is 2. The predicted molar refractivity (Wildman–Crippen MR) is 69.0 cm³/mol. The average Bonchev–Trinajstić information content (AvgIpc) is 2.32. The molecule has 1 saturated heterocycles. The van der Waals surface area contributed by atoms with Crippen molar-refractivity contribution in [3.05, 3.63) is 29.6 Å². The summed E-state index contributed by atoms with van der Waals surface area (Å²) < 4.78 is 13.8. The molecular weight excluding hydrogens is 233 g/mol. The van der Waals surface area contributed by atoms with Gasteiger partial charge in [-0.25, -0.2) is 4.39 Å². The van der Waals surface area contributed by atoms with E-state index in [1.807, 2.05) is 11.8 Å². The molecule has 1 heterocycles. The van der Waals surface area contributed by atoms with Crippen LogP contribution in [0, 0.1) is 11.7 Å². The summed E-state index contributed by atoms with van der Waals surface area (Å²) in [6, 6.07) is 4.79. The smallest absolute Gasteiger partial charge is 0.131 e. The van der Waals surface area contributed by atoms with E-state index in [0.29, 0.717) is 17.8 Å². The number of piperidine rings is 1. The monoisotopic (exact) mass is 253 g/mol. The number of benzene rings is 1. The molecule has 1 aliphatic heterocycles. The number of aliphatic hydroxyl groups excluding tert-OH is 2. The number of rotatable bonds is 2. The zero-order valence-electron chi connectivity index (χ0n) is 10.8. The lowest BCUT2D eigenvalue weighted by molar-refractivity contribution is 0.102. The molecule has 2 unspecified atom stereocenters. The number of hydrogen-bond donors (Lipinski definition) is 2. The first kappa shape index (κ1) is 13.3. The third-order valence-electron chi connectivity index (χ3n) is 3.71. The molecule has 0 spiro atoms. The van der Waals surface area contributed by atoms with Gasteiger partial charge in [-0.1, -0.05) is 13.0 Å². The minimum atomic E-state index is -0.849. The summed E-state index contributed by atoms with van der Waals surface area (Å²) >= 11 is 0. The molecular formula is C14H20FNO2. The van der Waals surface area contributed by atoms with Crippen LogP contribution in [-0.4, -0.2) is 29.4 Å². The zero-order valence-corrected chi connectivity index (χ0v) is 10.8. The number of β-amino-alcohol motifs (C(OH)–C–C–N with tert-alkyl or cyclic N) is 1. The van der Waals surface area contributed by atoms with Gasteiger partial charge in [0.25, 0.3) is 0 Å². The fourth-order valence-corrected chi connectivity index (χ4v) is 2.48. The maximum Gasteiger partial charge on any atom is 0.131 e. The van der Waals surface area contributed by atoms with E-state index in [9.17, 15) is 14.6 Å². The van der Waals surface area contributed by atoms with E-state index in [1.54, 1.807) is 19.1 Å². The molecule has 0 bridgehead atoms. The van der Waals surface area contributed by atoms with Gasteiger partial charge in [0.05, 0.1) is 12.2 Å². The van der Waals surface area contributed by atoms with Crippen LogP contribution >= 0.6 is 0 Å². The third-order valence-corrected chi connectivity index (χ3v) is 3.71. The topological polar surface area (TPSA) is 43.7 Å². The Kier molecular flexibility index (Phi) is 3.88. The highest BCUT2D eigenvalue weighted by atomic mass is 19.1.